The van der Waals surface area contributed by atoms with Gasteiger partial charge in [0.25, 0.3) is 0 Å². The fraction of sp³-hybridized carbons (Fsp3) is 0.0769. The van der Waals surface area contributed by atoms with Crippen molar-refractivity contribution in [3.8, 4) is 0 Å². The summed E-state index contributed by atoms with van der Waals surface area (Å²) in [6, 6.07) is 8.65. The molecule has 0 aliphatic rings. The number of nitrogens with one attached hydrogen (secondary N) is 2. The summed E-state index contributed by atoms with van der Waals surface area (Å²) >= 11 is 3.23. The Labute approximate surface area is 123 Å². The Hall–Kier alpha value is -2.28. The van der Waals surface area contributed by atoms with Gasteiger partial charge in [-0.05, 0) is 40.2 Å². The highest BCUT2D eigenvalue weighted by molar-refractivity contribution is 9.10. The molecule has 6 nitrogen and oxygen atoms in total. The van der Waals surface area contributed by atoms with Crippen LogP contribution in [0.3, 0.4) is 0 Å². The first-order valence-electron chi connectivity index (χ1n) is 5.76. The van der Waals surface area contributed by atoms with E-state index in [1.54, 1.807) is 36.5 Å². The van der Waals surface area contributed by atoms with Gasteiger partial charge < -0.3 is 10.6 Å². The van der Waals surface area contributed by atoms with E-state index in [0.717, 1.165) is 4.47 Å². The Kier molecular flexibility index (Phi) is 4.78. The summed E-state index contributed by atoms with van der Waals surface area (Å²) in [6.45, 7) is 0.195. The second kappa shape index (κ2) is 6.76. The highest BCUT2D eigenvalue weighted by Crippen LogP contribution is 2.10. The summed E-state index contributed by atoms with van der Waals surface area (Å²) in [6.07, 6.45) is 3.15. The fourth-order valence-corrected chi connectivity index (χ4v) is 1.61. The van der Waals surface area contributed by atoms with Crippen LogP contribution in [0.15, 0.2) is 47.2 Å². The SMILES string of the molecule is O=C(NCc1ccccn1)C(=O)Nc1ccc(Br)cn1. The molecular weight excluding hydrogens is 324 g/mol. The fourth-order valence-electron chi connectivity index (χ4n) is 1.38. The average molecular weight is 335 g/mol. The average Bonchev–Trinajstić information content (AvgIpc) is 2.48. The van der Waals surface area contributed by atoms with E-state index in [2.05, 4.69) is 36.5 Å². The maximum Gasteiger partial charge on any atom is 0.314 e. The van der Waals surface area contributed by atoms with Crippen molar-refractivity contribution in [3.05, 3.63) is 52.9 Å². The molecule has 0 saturated carbocycles. The lowest BCUT2D eigenvalue weighted by Crippen LogP contribution is -2.35. The molecule has 0 aliphatic heterocycles. The Balaban J connectivity index is 1.86. The van der Waals surface area contributed by atoms with Crippen LogP contribution < -0.4 is 10.6 Å². The molecule has 2 amide bonds. The van der Waals surface area contributed by atoms with Crippen LogP contribution >= 0.6 is 15.9 Å². The molecule has 0 radical (unpaired) electrons. The number of aromatic nitrogens is 2. The van der Waals surface area contributed by atoms with Crippen LogP contribution in [0.2, 0.25) is 0 Å². The minimum absolute atomic E-state index is 0.195. The Morgan fingerprint density at radius 1 is 1.10 bits per heavy atom. The summed E-state index contributed by atoms with van der Waals surface area (Å²) in [5, 5.41) is 4.88. The molecule has 0 fully saturated rings. The van der Waals surface area contributed by atoms with Crippen molar-refractivity contribution in [2.24, 2.45) is 0 Å². The van der Waals surface area contributed by atoms with Crippen LogP contribution in [-0.2, 0) is 16.1 Å². The van der Waals surface area contributed by atoms with Crippen LogP contribution in [0.4, 0.5) is 5.82 Å². The summed E-state index contributed by atoms with van der Waals surface area (Å²) < 4.78 is 0.787. The topological polar surface area (TPSA) is 84.0 Å². The number of halogens is 1. The third-order valence-electron chi connectivity index (χ3n) is 2.33. The number of pyridine rings is 2. The van der Waals surface area contributed by atoms with Crippen LogP contribution in [0.1, 0.15) is 5.69 Å². The number of carbonyl (C=O) groups excluding carboxylic acids is 2. The van der Waals surface area contributed by atoms with Gasteiger partial charge in [0.1, 0.15) is 5.82 Å². The molecule has 102 valence electrons. The van der Waals surface area contributed by atoms with Gasteiger partial charge in [-0.2, -0.15) is 0 Å². The zero-order chi connectivity index (χ0) is 14.4. The van der Waals surface area contributed by atoms with E-state index < -0.39 is 11.8 Å². The lowest BCUT2D eigenvalue weighted by atomic mass is 10.3. The van der Waals surface area contributed by atoms with E-state index in [9.17, 15) is 9.59 Å². The van der Waals surface area contributed by atoms with Crippen LogP contribution in [0, 0.1) is 0 Å². The molecule has 2 aromatic heterocycles. The molecule has 2 heterocycles. The summed E-state index contributed by atoms with van der Waals surface area (Å²) in [5.41, 5.74) is 0.676. The van der Waals surface area contributed by atoms with E-state index in [4.69, 9.17) is 0 Å². The van der Waals surface area contributed by atoms with E-state index in [-0.39, 0.29) is 6.54 Å². The largest absolute Gasteiger partial charge is 0.342 e. The van der Waals surface area contributed by atoms with E-state index in [1.165, 1.54) is 6.20 Å². The standard InChI is InChI=1S/C13H11BrN4O2/c14-9-4-5-11(16-7-9)18-13(20)12(19)17-8-10-3-1-2-6-15-10/h1-7H,8H2,(H,17,19)(H,16,18,20). The third-order valence-corrected chi connectivity index (χ3v) is 2.80. The third kappa shape index (κ3) is 4.13. The van der Waals surface area contributed by atoms with Gasteiger partial charge in [0.05, 0.1) is 12.2 Å². The number of hydrogen-bond donors (Lipinski definition) is 2. The molecule has 0 bridgehead atoms. The van der Waals surface area contributed by atoms with Gasteiger partial charge in [0.15, 0.2) is 0 Å². The smallest absolute Gasteiger partial charge is 0.314 e. The molecule has 2 N–H and O–H groups in total. The maximum absolute atomic E-state index is 11.6. The highest BCUT2D eigenvalue weighted by Gasteiger charge is 2.13. The number of amides is 2. The molecule has 20 heavy (non-hydrogen) atoms. The van der Waals surface area contributed by atoms with Gasteiger partial charge in [-0.1, -0.05) is 6.07 Å². The normalized spacial score (nSPS) is 9.85. The highest BCUT2D eigenvalue weighted by atomic mass is 79.9. The first-order chi connectivity index (χ1) is 9.65. The molecule has 7 heteroatoms. The number of nitrogens with zero attached hydrogens (tertiary/aromatic N) is 2. The van der Waals surface area contributed by atoms with Gasteiger partial charge in [0, 0.05) is 16.9 Å². The number of anilines is 1. The lowest BCUT2D eigenvalue weighted by molar-refractivity contribution is -0.136. The van der Waals surface area contributed by atoms with Crippen LogP contribution in [0.5, 0.6) is 0 Å². The molecule has 0 spiro atoms. The van der Waals surface area contributed by atoms with Crippen molar-refractivity contribution in [2.45, 2.75) is 6.54 Å². The molecular formula is C13H11BrN4O2. The monoisotopic (exact) mass is 334 g/mol. The first-order valence-corrected chi connectivity index (χ1v) is 6.55. The Morgan fingerprint density at radius 3 is 2.60 bits per heavy atom. The predicted molar refractivity (Wildman–Crippen MR) is 76.7 cm³/mol. The van der Waals surface area contributed by atoms with Gasteiger partial charge in [-0.15, -0.1) is 0 Å². The molecule has 0 unspecified atom stereocenters. The zero-order valence-electron chi connectivity index (χ0n) is 10.3. The number of hydrogen-bond acceptors (Lipinski definition) is 4. The molecule has 0 atom stereocenters. The second-order valence-corrected chi connectivity index (χ2v) is 4.74. The van der Waals surface area contributed by atoms with Crippen molar-refractivity contribution in [1.82, 2.24) is 15.3 Å². The van der Waals surface area contributed by atoms with Gasteiger partial charge >= 0.3 is 11.8 Å². The molecule has 0 aliphatic carbocycles. The molecule has 0 saturated heterocycles. The Morgan fingerprint density at radius 2 is 1.95 bits per heavy atom. The molecule has 2 rings (SSSR count). The van der Waals surface area contributed by atoms with E-state index in [0.29, 0.717) is 11.5 Å². The maximum atomic E-state index is 11.6. The summed E-state index contributed by atoms with van der Waals surface area (Å²) in [5.74, 6) is -1.19. The van der Waals surface area contributed by atoms with Gasteiger partial charge in [0.2, 0.25) is 0 Å². The molecule has 2 aromatic rings. The summed E-state index contributed by atoms with van der Waals surface area (Å²) in [7, 11) is 0. The number of rotatable bonds is 3. The van der Waals surface area contributed by atoms with Crippen molar-refractivity contribution in [1.29, 1.82) is 0 Å². The van der Waals surface area contributed by atoms with Crippen LogP contribution in [0.25, 0.3) is 0 Å². The Bertz CT molecular complexity index is 602. The van der Waals surface area contributed by atoms with Crippen LogP contribution in [-0.4, -0.2) is 21.8 Å². The van der Waals surface area contributed by atoms with Gasteiger partial charge in [-0.3, -0.25) is 14.6 Å². The van der Waals surface area contributed by atoms with Crippen molar-refractivity contribution < 1.29 is 9.59 Å². The van der Waals surface area contributed by atoms with Crippen molar-refractivity contribution >= 4 is 33.6 Å². The quantitative estimate of drug-likeness (QED) is 0.833. The minimum Gasteiger partial charge on any atom is -0.342 e. The zero-order valence-corrected chi connectivity index (χ0v) is 11.9. The van der Waals surface area contributed by atoms with Crippen molar-refractivity contribution in [2.75, 3.05) is 5.32 Å². The minimum atomic E-state index is -0.768. The summed E-state index contributed by atoms with van der Waals surface area (Å²) in [4.78, 5) is 31.2. The number of carbonyl (C=O) groups is 2. The second-order valence-electron chi connectivity index (χ2n) is 3.82. The first kappa shape index (κ1) is 14.1. The van der Waals surface area contributed by atoms with Crippen molar-refractivity contribution in [3.63, 3.8) is 0 Å². The van der Waals surface area contributed by atoms with E-state index >= 15 is 0 Å². The van der Waals surface area contributed by atoms with Gasteiger partial charge in [-0.25, -0.2) is 4.98 Å². The van der Waals surface area contributed by atoms with E-state index in [1.807, 2.05) is 0 Å². The molecule has 0 aromatic carbocycles. The predicted octanol–water partition coefficient (Wildman–Crippen LogP) is 1.49. The lowest BCUT2D eigenvalue weighted by Gasteiger charge is -2.05.